The van der Waals surface area contributed by atoms with Crippen molar-refractivity contribution in [2.24, 2.45) is 5.10 Å². The van der Waals surface area contributed by atoms with E-state index in [1.807, 2.05) is 18.2 Å². The maximum absolute atomic E-state index is 6.32. The maximum Gasteiger partial charge on any atom is 0.224 e. The van der Waals surface area contributed by atoms with Gasteiger partial charge in [0.05, 0.1) is 18.2 Å². The predicted molar refractivity (Wildman–Crippen MR) is 121 cm³/mol. The fraction of sp³-hybridized carbons (Fsp3) is 0.273. The zero-order valence-corrected chi connectivity index (χ0v) is 17.9. The summed E-state index contributed by atoms with van der Waals surface area (Å²) in [4.78, 5) is 7.08. The summed E-state index contributed by atoms with van der Waals surface area (Å²) < 4.78 is 5.71. The van der Waals surface area contributed by atoms with E-state index in [2.05, 4.69) is 41.2 Å². The van der Waals surface area contributed by atoms with Crippen molar-refractivity contribution in [2.45, 2.75) is 0 Å². The van der Waals surface area contributed by atoms with Gasteiger partial charge in [0.1, 0.15) is 5.71 Å². The first-order chi connectivity index (χ1) is 13.7. The molecule has 150 valence electrons. The van der Waals surface area contributed by atoms with Gasteiger partial charge >= 0.3 is 0 Å². The fourth-order valence-corrected chi connectivity index (χ4v) is 4.22. The molecule has 0 spiro atoms. The minimum atomic E-state index is 0. The second-order valence-electron chi connectivity index (χ2n) is 7.28. The average Bonchev–Trinajstić information content (AvgIpc) is 3.04. The molecule has 0 radical (unpaired) electrons. The van der Waals surface area contributed by atoms with Crippen molar-refractivity contribution in [3.63, 3.8) is 0 Å². The zero-order valence-electron chi connectivity index (χ0n) is 16.4. The highest BCUT2D eigenvalue weighted by atomic mass is 35.5. The van der Waals surface area contributed by atoms with Gasteiger partial charge in [0.25, 0.3) is 0 Å². The third-order valence-electron chi connectivity index (χ3n) is 5.52. The number of aromatic nitrogens is 1. The van der Waals surface area contributed by atoms with Gasteiger partial charge in [0.2, 0.25) is 5.88 Å². The molecule has 0 saturated carbocycles. The van der Waals surface area contributed by atoms with Gasteiger partial charge < -0.3 is 9.64 Å². The van der Waals surface area contributed by atoms with Gasteiger partial charge in [-0.25, -0.2) is 4.98 Å². The highest BCUT2D eigenvalue weighted by molar-refractivity contribution is 6.33. The molecule has 29 heavy (non-hydrogen) atoms. The maximum atomic E-state index is 6.32. The molecule has 2 aliphatic rings. The first-order valence-electron chi connectivity index (χ1n) is 9.45. The first-order valence-corrected chi connectivity index (χ1v) is 9.83. The van der Waals surface area contributed by atoms with Crippen molar-refractivity contribution in [2.75, 3.05) is 40.3 Å². The van der Waals surface area contributed by atoms with Crippen molar-refractivity contribution in [1.29, 1.82) is 0 Å². The van der Waals surface area contributed by atoms with Gasteiger partial charge in [-0.2, -0.15) is 5.10 Å². The molecular formula is C22H22Cl2N4O. The van der Waals surface area contributed by atoms with Crippen LogP contribution < -0.4 is 4.74 Å². The standard InChI is InChI=1S/C22H21ClN4O.ClH/c1-26-9-11-27(12-10-26)25-21-16-6-4-3-5-15(16)19-17-13-14(23)7-8-18(17)24-22(28-2)20(19)21;/h3-8,13H,9-12H2,1-2H3;1H/b25-21+;. The molecule has 0 N–H and O–H groups in total. The lowest BCUT2D eigenvalue weighted by molar-refractivity contribution is 0.159. The summed E-state index contributed by atoms with van der Waals surface area (Å²) in [5, 5.41) is 8.94. The van der Waals surface area contributed by atoms with Crippen LogP contribution in [-0.4, -0.2) is 60.9 Å². The van der Waals surface area contributed by atoms with Crippen LogP contribution in [0.4, 0.5) is 0 Å². The van der Waals surface area contributed by atoms with E-state index < -0.39 is 0 Å². The van der Waals surface area contributed by atoms with Crippen molar-refractivity contribution in [3.05, 3.63) is 58.6 Å². The number of halogens is 2. The van der Waals surface area contributed by atoms with Crippen LogP contribution in [0, 0.1) is 0 Å². The Kier molecular flexibility index (Phi) is 5.38. The van der Waals surface area contributed by atoms with Gasteiger partial charge in [-0.3, -0.25) is 5.01 Å². The van der Waals surface area contributed by atoms with Gasteiger partial charge in [-0.1, -0.05) is 35.9 Å². The van der Waals surface area contributed by atoms with Gasteiger partial charge in [-0.15, -0.1) is 12.4 Å². The van der Waals surface area contributed by atoms with Crippen LogP contribution >= 0.6 is 24.0 Å². The SMILES string of the molecule is COc1nc2ccc(Cl)cc2c2c1/C(=N/N1CCN(C)CC1)c1ccccc1-2.Cl. The number of likely N-dealkylation sites (N-methyl/N-ethyl adjacent to an activating group) is 1. The van der Waals surface area contributed by atoms with Crippen LogP contribution in [0.2, 0.25) is 5.02 Å². The zero-order chi connectivity index (χ0) is 19.3. The third kappa shape index (κ3) is 3.33. The molecule has 2 heterocycles. The van der Waals surface area contributed by atoms with E-state index in [0.717, 1.165) is 65.0 Å². The predicted octanol–water partition coefficient (Wildman–Crippen LogP) is 4.30. The normalized spacial score (nSPS) is 17.2. The Morgan fingerprint density at radius 3 is 2.45 bits per heavy atom. The number of nitrogens with zero attached hydrogens (tertiary/aromatic N) is 4. The van der Waals surface area contributed by atoms with E-state index in [1.165, 1.54) is 0 Å². The highest BCUT2D eigenvalue weighted by Crippen LogP contribution is 2.45. The number of hydrogen-bond acceptors (Lipinski definition) is 5. The Morgan fingerprint density at radius 1 is 1.00 bits per heavy atom. The van der Waals surface area contributed by atoms with Crippen LogP contribution in [0.5, 0.6) is 5.88 Å². The molecule has 3 aromatic rings. The van der Waals surface area contributed by atoms with Crippen molar-refractivity contribution in [3.8, 4) is 17.0 Å². The van der Waals surface area contributed by atoms with E-state index in [0.29, 0.717) is 10.9 Å². The average molecular weight is 429 g/mol. The molecule has 1 aliphatic heterocycles. The van der Waals surface area contributed by atoms with E-state index in [9.17, 15) is 0 Å². The fourth-order valence-electron chi connectivity index (χ4n) is 4.04. The van der Waals surface area contributed by atoms with Gasteiger partial charge in [0.15, 0.2) is 0 Å². The number of hydrazone groups is 1. The molecule has 1 saturated heterocycles. The number of ether oxygens (including phenoxy) is 1. The van der Waals surface area contributed by atoms with Crippen LogP contribution in [0.15, 0.2) is 47.6 Å². The summed E-state index contributed by atoms with van der Waals surface area (Å²) >= 11 is 6.32. The molecule has 1 fully saturated rings. The van der Waals surface area contributed by atoms with E-state index in [-0.39, 0.29) is 12.4 Å². The number of methoxy groups -OCH3 is 1. The minimum absolute atomic E-state index is 0. The molecule has 0 amide bonds. The molecule has 5 rings (SSSR count). The summed E-state index contributed by atoms with van der Waals surface area (Å²) in [6, 6.07) is 14.2. The summed E-state index contributed by atoms with van der Waals surface area (Å²) in [7, 11) is 3.81. The van der Waals surface area contributed by atoms with E-state index in [4.69, 9.17) is 26.4 Å². The Balaban J connectivity index is 0.00000205. The second kappa shape index (κ2) is 7.82. The first kappa shape index (κ1) is 20.0. The van der Waals surface area contributed by atoms with E-state index in [1.54, 1.807) is 7.11 Å². The third-order valence-corrected chi connectivity index (χ3v) is 5.75. The largest absolute Gasteiger partial charge is 0.480 e. The Hall–Kier alpha value is -2.34. The van der Waals surface area contributed by atoms with Crippen molar-refractivity contribution < 1.29 is 4.74 Å². The number of rotatable bonds is 2. The van der Waals surface area contributed by atoms with Crippen molar-refractivity contribution >= 4 is 40.6 Å². The minimum Gasteiger partial charge on any atom is -0.480 e. The smallest absolute Gasteiger partial charge is 0.224 e. The Bertz CT molecular complexity index is 1110. The molecule has 1 aliphatic carbocycles. The topological polar surface area (TPSA) is 41.0 Å². The van der Waals surface area contributed by atoms with Crippen LogP contribution in [0.3, 0.4) is 0 Å². The number of piperazine rings is 1. The van der Waals surface area contributed by atoms with Crippen molar-refractivity contribution in [1.82, 2.24) is 14.9 Å². The summed E-state index contributed by atoms with van der Waals surface area (Å²) in [5.41, 5.74) is 6.13. The number of benzene rings is 2. The molecular weight excluding hydrogens is 407 g/mol. The quantitative estimate of drug-likeness (QED) is 0.477. The molecule has 5 nitrogen and oxygen atoms in total. The molecule has 2 aromatic carbocycles. The highest BCUT2D eigenvalue weighted by Gasteiger charge is 2.32. The monoisotopic (exact) mass is 428 g/mol. The molecule has 0 atom stereocenters. The Labute approximate surface area is 181 Å². The van der Waals surface area contributed by atoms with Gasteiger partial charge in [0, 0.05) is 47.7 Å². The van der Waals surface area contributed by atoms with Crippen LogP contribution in [0.1, 0.15) is 11.1 Å². The van der Waals surface area contributed by atoms with Gasteiger partial charge in [-0.05, 0) is 30.8 Å². The summed E-state index contributed by atoms with van der Waals surface area (Å²) in [6.45, 7) is 3.83. The summed E-state index contributed by atoms with van der Waals surface area (Å²) in [6.07, 6.45) is 0. The molecule has 0 unspecified atom stereocenters. The molecule has 0 bridgehead atoms. The van der Waals surface area contributed by atoms with E-state index >= 15 is 0 Å². The second-order valence-corrected chi connectivity index (χ2v) is 7.72. The summed E-state index contributed by atoms with van der Waals surface area (Å²) in [5.74, 6) is 0.605. The number of fused-ring (bicyclic) bond motifs is 5. The number of hydrogen-bond donors (Lipinski definition) is 0. The Morgan fingerprint density at radius 2 is 1.72 bits per heavy atom. The lowest BCUT2D eigenvalue weighted by Gasteiger charge is -2.30. The number of pyridine rings is 1. The molecule has 7 heteroatoms. The molecule has 1 aromatic heterocycles. The lowest BCUT2D eigenvalue weighted by atomic mass is 10.0. The van der Waals surface area contributed by atoms with Crippen LogP contribution in [0.25, 0.3) is 22.0 Å². The van der Waals surface area contributed by atoms with Crippen LogP contribution in [-0.2, 0) is 0 Å². The lowest BCUT2D eigenvalue weighted by Crippen LogP contribution is -2.42.